The highest BCUT2D eigenvalue weighted by atomic mass is 16.6. The molecule has 11 heavy (non-hydrogen) atoms. The van der Waals surface area contributed by atoms with Gasteiger partial charge >= 0.3 is 6.15 Å². The molecule has 1 aliphatic rings. The largest absolute Gasteiger partial charge is 0.375 e. The Hall–Kier alpha value is -0.960. The van der Waals surface area contributed by atoms with E-state index < -0.39 is 0 Å². The molecular formula is C7H10O4. The van der Waals surface area contributed by atoms with Crippen LogP contribution in [0.4, 0.5) is 0 Å². The molecule has 1 aliphatic heterocycles. The van der Waals surface area contributed by atoms with Crippen molar-refractivity contribution < 1.29 is 19.1 Å². The second-order valence-corrected chi connectivity index (χ2v) is 1.86. The summed E-state index contributed by atoms with van der Waals surface area (Å²) in [5, 5.41) is 0. The Morgan fingerprint density at radius 3 is 2.64 bits per heavy atom. The van der Waals surface area contributed by atoms with Gasteiger partial charge in [-0.25, -0.2) is 0 Å². The molecule has 0 radical (unpaired) electrons. The van der Waals surface area contributed by atoms with E-state index in [0.717, 1.165) is 13.2 Å². The molecule has 1 heterocycles. The lowest BCUT2D eigenvalue weighted by Gasteiger charge is -1.92. The van der Waals surface area contributed by atoms with E-state index in [1.807, 2.05) is 0 Å². The minimum absolute atomic E-state index is 0.250. The molecule has 0 aromatic heterocycles. The number of carbonyl (C=O) groups excluding carboxylic acids is 2. The van der Waals surface area contributed by atoms with Crippen LogP contribution >= 0.6 is 0 Å². The van der Waals surface area contributed by atoms with E-state index in [2.05, 4.69) is 6.58 Å². The fourth-order valence-corrected chi connectivity index (χ4v) is 0.447. The minimum Gasteiger partial charge on any atom is -0.375 e. The predicted octanol–water partition coefficient (Wildman–Crippen LogP) is 0.00430. The van der Waals surface area contributed by atoms with Gasteiger partial charge in [-0.15, -0.1) is 6.58 Å². The number of hydrogen-bond donors (Lipinski definition) is 0. The molecule has 0 spiro atoms. The monoisotopic (exact) mass is 158 g/mol. The summed E-state index contributed by atoms with van der Waals surface area (Å²) < 4.78 is 9.96. The molecule has 1 fully saturated rings. The maximum Gasteiger partial charge on any atom is 0.373 e. The van der Waals surface area contributed by atoms with E-state index in [1.165, 1.54) is 0 Å². The molecule has 1 rings (SSSR count). The number of rotatable bonds is 4. The standard InChI is InChI=1S/C6H10O2.CO2/c1-2-3-7-4-6-5-8-6;2-1-3/h2,6H,1,3-5H2;. The fraction of sp³-hybridized carbons (Fsp3) is 0.571. The van der Waals surface area contributed by atoms with E-state index >= 15 is 0 Å². The van der Waals surface area contributed by atoms with Crippen molar-refractivity contribution in [2.24, 2.45) is 0 Å². The number of epoxide rings is 1. The highest BCUT2D eigenvalue weighted by molar-refractivity contribution is 5.20. The zero-order valence-corrected chi connectivity index (χ0v) is 6.12. The Kier molecular flexibility index (Phi) is 6.53. The first-order chi connectivity index (χ1) is 5.35. The molecule has 0 aromatic rings. The summed E-state index contributed by atoms with van der Waals surface area (Å²) >= 11 is 0. The first kappa shape index (κ1) is 10.0. The lowest BCUT2D eigenvalue weighted by molar-refractivity contribution is -0.191. The van der Waals surface area contributed by atoms with Gasteiger partial charge < -0.3 is 9.47 Å². The summed E-state index contributed by atoms with van der Waals surface area (Å²) in [7, 11) is 0. The summed E-state index contributed by atoms with van der Waals surface area (Å²) in [6, 6.07) is 0. The van der Waals surface area contributed by atoms with Crippen molar-refractivity contribution in [3.63, 3.8) is 0 Å². The Morgan fingerprint density at radius 1 is 1.73 bits per heavy atom. The Balaban J connectivity index is 0.000000292. The van der Waals surface area contributed by atoms with Gasteiger partial charge in [0.1, 0.15) is 6.10 Å². The van der Waals surface area contributed by atoms with Crippen molar-refractivity contribution in [2.45, 2.75) is 6.10 Å². The van der Waals surface area contributed by atoms with Crippen molar-refractivity contribution in [2.75, 3.05) is 19.8 Å². The van der Waals surface area contributed by atoms with Crippen molar-refractivity contribution in [1.82, 2.24) is 0 Å². The van der Waals surface area contributed by atoms with Crippen LogP contribution in [0.5, 0.6) is 0 Å². The van der Waals surface area contributed by atoms with Crippen LogP contribution in [-0.4, -0.2) is 32.1 Å². The summed E-state index contributed by atoms with van der Waals surface area (Å²) in [6.45, 7) is 5.75. The summed E-state index contributed by atoms with van der Waals surface area (Å²) in [5.41, 5.74) is 0. The van der Waals surface area contributed by atoms with Gasteiger partial charge in [0.2, 0.25) is 0 Å². The van der Waals surface area contributed by atoms with E-state index in [9.17, 15) is 0 Å². The quantitative estimate of drug-likeness (QED) is 0.328. The van der Waals surface area contributed by atoms with Gasteiger partial charge in [0, 0.05) is 0 Å². The van der Waals surface area contributed by atoms with Gasteiger partial charge in [-0.3, -0.25) is 0 Å². The van der Waals surface area contributed by atoms with Crippen molar-refractivity contribution in [3.8, 4) is 0 Å². The third-order valence-corrected chi connectivity index (χ3v) is 0.942. The van der Waals surface area contributed by atoms with Crippen molar-refractivity contribution in [1.29, 1.82) is 0 Å². The Bertz CT molecular complexity index is 133. The molecule has 0 N–H and O–H groups in total. The predicted molar refractivity (Wildman–Crippen MR) is 35.8 cm³/mol. The van der Waals surface area contributed by atoms with E-state index in [1.54, 1.807) is 6.08 Å². The molecule has 0 saturated carbocycles. The Labute approximate surface area is 64.8 Å². The second-order valence-electron chi connectivity index (χ2n) is 1.86. The van der Waals surface area contributed by atoms with Gasteiger partial charge in [-0.1, -0.05) is 6.08 Å². The highest BCUT2D eigenvalue weighted by Gasteiger charge is 2.21. The van der Waals surface area contributed by atoms with Gasteiger partial charge in [-0.2, -0.15) is 9.59 Å². The molecule has 0 aromatic carbocycles. The minimum atomic E-state index is 0.250. The first-order valence-electron chi connectivity index (χ1n) is 3.14. The summed E-state index contributed by atoms with van der Waals surface area (Å²) in [4.78, 5) is 16.2. The number of hydrogen-bond acceptors (Lipinski definition) is 4. The van der Waals surface area contributed by atoms with E-state index in [0.29, 0.717) is 12.7 Å². The lowest BCUT2D eigenvalue weighted by atomic mass is 10.5. The first-order valence-corrected chi connectivity index (χ1v) is 3.14. The number of ether oxygens (including phenoxy) is 2. The lowest BCUT2D eigenvalue weighted by Crippen LogP contribution is -2.00. The zero-order valence-electron chi connectivity index (χ0n) is 6.12. The van der Waals surface area contributed by atoms with Gasteiger partial charge in [0.15, 0.2) is 0 Å². The molecule has 0 aliphatic carbocycles. The van der Waals surface area contributed by atoms with Crippen molar-refractivity contribution >= 4 is 6.15 Å². The van der Waals surface area contributed by atoms with Crippen LogP contribution in [0, 0.1) is 0 Å². The second kappa shape index (κ2) is 7.15. The molecule has 1 atom stereocenters. The van der Waals surface area contributed by atoms with Gasteiger partial charge in [-0.05, 0) is 0 Å². The normalized spacial score (nSPS) is 19.1. The molecule has 0 amide bonds. The third kappa shape index (κ3) is 9.04. The van der Waals surface area contributed by atoms with Gasteiger partial charge in [0.25, 0.3) is 0 Å². The van der Waals surface area contributed by atoms with Crippen molar-refractivity contribution in [3.05, 3.63) is 12.7 Å². The molecule has 1 unspecified atom stereocenters. The molecule has 62 valence electrons. The van der Waals surface area contributed by atoms with Crippen LogP contribution < -0.4 is 0 Å². The topological polar surface area (TPSA) is 55.9 Å². The Morgan fingerprint density at radius 2 is 2.27 bits per heavy atom. The van der Waals surface area contributed by atoms with Crippen LogP contribution in [0.15, 0.2) is 12.7 Å². The molecule has 4 nitrogen and oxygen atoms in total. The summed E-state index contributed by atoms with van der Waals surface area (Å²) in [6.07, 6.45) is 2.37. The van der Waals surface area contributed by atoms with E-state index in [-0.39, 0.29) is 6.15 Å². The van der Waals surface area contributed by atoms with Crippen LogP contribution in [0.3, 0.4) is 0 Å². The molecular weight excluding hydrogens is 148 g/mol. The molecule has 1 saturated heterocycles. The van der Waals surface area contributed by atoms with Crippen LogP contribution in [0.1, 0.15) is 0 Å². The van der Waals surface area contributed by atoms with E-state index in [4.69, 9.17) is 19.1 Å². The highest BCUT2D eigenvalue weighted by Crippen LogP contribution is 2.07. The summed E-state index contributed by atoms with van der Waals surface area (Å²) in [5.74, 6) is 0. The average molecular weight is 158 g/mol. The average Bonchev–Trinajstić information content (AvgIpc) is 2.74. The SMILES string of the molecule is C=CCOCC1CO1.O=C=O. The maximum atomic E-state index is 8.12. The van der Waals surface area contributed by atoms with Crippen LogP contribution in [0.25, 0.3) is 0 Å². The maximum absolute atomic E-state index is 8.12. The molecule has 0 bridgehead atoms. The van der Waals surface area contributed by atoms with Gasteiger partial charge in [0.05, 0.1) is 19.8 Å². The third-order valence-electron chi connectivity index (χ3n) is 0.942. The van der Waals surface area contributed by atoms with Crippen LogP contribution in [-0.2, 0) is 19.1 Å². The zero-order chi connectivity index (χ0) is 8.53. The smallest absolute Gasteiger partial charge is 0.373 e. The van der Waals surface area contributed by atoms with Crippen LogP contribution in [0.2, 0.25) is 0 Å². The fourth-order valence-electron chi connectivity index (χ4n) is 0.447. The molecule has 4 heteroatoms.